The van der Waals surface area contributed by atoms with Crippen LogP contribution in [0.4, 0.5) is 0 Å². The van der Waals surface area contributed by atoms with Gasteiger partial charge in [0.05, 0.1) is 12.0 Å². The van der Waals surface area contributed by atoms with Crippen LogP contribution < -0.4 is 11.1 Å². The summed E-state index contributed by atoms with van der Waals surface area (Å²) in [5.41, 5.74) is 5.37. The Morgan fingerprint density at radius 2 is 2.18 bits per heavy atom. The van der Waals surface area contributed by atoms with Crippen LogP contribution in [-0.2, 0) is 9.59 Å². The van der Waals surface area contributed by atoms with E-state index in [4.69, 9.17) is 10.8 Å². The summed E-state index contributed by atoms with van der Waals surface area (Å²) >= 11 is 0. The first-order valence-corrected chi connectivity index (χ1v) is 6.34. The quantitative estimate of drug-likeness (QED) is 0.540. The van der Waals surface area contributed by atoms with Crippen molar-refractivity contribution in [3.8, 4) is 0 Å². The number of rotatable bonds is 8. The van der Waals surface area contributed by atoms with E-state index in [0.717, 1.165) is 32.2 Å². The summed E-state index contributed by atoms with van der Waals surface area (Å²) in [6.07, 6.45) is 4.14. The van der Waals surface area contributed by atoms with E-state index in [1.807, 2.05) is 0 Å². The summed E-state index contributed by atoms with van der Waals surface area (Å²) in [5, 5.41) is 12.2. The Morgan fingerprint density at radius 1 is 1.41 bits per heavy atom. The summed E-state index contributed by atoms with van der Waals surface area (Å²) in [5.74, 6) is -1.37. The molecule has 0 aromatic heterocycles. The van der Waals surface area contributed by atoms with E-state index >= 15 is 0 Å². The minimum atomic E-state index is -0.867. The number of aliphatic carboxylic acids is 1. The predicted molar refractivity (Wildman–Crippen MR) is 64.7 cm³/mol. The van der Waals surface area contributed by atoms with Crippen LogP contribution in [0, 0.1) is 5.92 Å². The van der Waals surface area contributed by atoms with E-state index in [9.17, 15) is 9.59 Å². The molecule has 0 aromatic carbocycles. The molecule has 1 aliphatic rings. The highest BCUT2D eigenvalue weighted by Gasteiger charge is 2.27. The number of ketones is 1. The van der Waals surface area contributed by atoms with E-state index in [-0.39, 0.29) is 18.2 Å². The second-order valence-corrected chi connectivity index (χ2v) is 4.64. The number of Topliss-reactive ketones (excluding diaryl/α,β-unsaturated/α-hetero) is 1. The molecule has 17 heavy (non-hydrogen) atoms. The molecule has 1 aliphatic heterocycles. The normalized spacial score (nSPS) is 21.4. The Labute approximate surface area is 102 Å². The lowest BCUT2D eigenvalue weighted by atomic mass is 9.93. The minimum Gasteiger partial charge on any atom is -0.481 e. The number of nitrogens with two attached hydrogens (primary N) is 1. The van der Waals surface area contributed by atoms with Crippen molar-refractivity contribution in [3.63, 3.8) is 0 Å². The molecule has 0 saturated carbocycles. The van der Waals surface area contributed by atoms with Gasteiger partial charge in [0.25, 0.3) is 0 Å². The van der Waals surface area contributed by atoms with Gasteiger partial charge in [0.1, 0.15) is 0 Å². The first-order chi connectivity index (χ1) is 8.15. The number of carboxylic acids is 1. The van der Waals surface area contributed by atoms with Crippen molar-refractivity contribution in [2.45, 2.75) is 44.6 Å². The fraction of sp³-hybridized carbons (Fsp3) is 0.833. The molecule has 1 fully saturated rings. The molecule has 0 bridgehead atoms. The van der Waals surface area contributed by atoms with Crippen molar-refractivity contribution in [2.75, 3.05) is 13.1 Å². The monoisotopic (exact) mass is 242 g/mol. The highest BCUT2D eigenvalue weighted by atomic mass is 16.4. The Kier molecular flexibility index (Phi) is 6.15. The number of carboxylic acid groups (broad SMARTS) is 1. The van der Waals surface area contributed by atoms with Crippen LogP contribution in [0.5, 0.6) is 0 Å². The summed E-state index contributed by atoms with van der Waals surface area (Å²) < 4.78 is 0. The maximum absolute atomic E-state index is 11.8. The van der Waals surface area contributed by atoms with Crippen molar-refractivity contribution >= 4 is 11.8 Å². The molecular weight excluding hydrogens is 220 g/mol. The number of carbonyl (C=O) groups excluding carboxylic acids is 1. The van der Waals surface area contributed by atoms with Gasteiger partial charge < -0.3 is 16.2 Å². The molecule has 1 rings (SSSR count). The van der Waals surface area contributed by atoms with Crippen LogP contribution in [0.2, 0.25) is 0 Å². The van der Waals surface area contributed by atoms with Gasteiger partial charge >= 0.3 is 5.97 Å². The largest absolute Gasteiger partial charge is 0.481 e. The van der Waals surface area contributed by atoms with Gasteiger partial charge in [0, 0.05) is 6.42 Å². The second kappa shape index (κ2) is 7.40. The Hall–Kier alpha value is -0.940. The van der Waals surface area contributed by atoms with Crippen LogP contribution in [0.25, 0.3) is 0 Å². The number of carbonyl (C=O) groups is 2. The highest BCUT2D eigenvalue weighted by molar-refractivity contribution is 5.88. The van der Waals surface area contributed by atoms with Gasteiger partial charge in [-0.25, -0.2) is 0 Å². The molecule has 2 atom stereocenters. The lowest BCUT2D eigenvalue weighted by Gasteiger charge is -2.14. The number of hydrogen-bond acceptors (Lipinski definition) is 4. The van der Waals surface area contributed by atoms with Gasteiger partial charge in [-0.15, -0.1) is 0 Å². The zero-order valence-electron chi connectivity index (χ0n) is 10.2. The fourth-order valence-electron chi connectivity index (χ4n) is 2.19. The molecule has 0 aromatic rings. The molecule has 0 aliphatic carbocycles. The fourth-order valence-corrected chi connectivity index (χ4v) is 2.19. The maximum atomic E-state index is 11.8. The van der Waals surface area contributed by atoms with E-state index < -0.39 is 11.9 Å². The van der Waals surface area contributed by atoms with Crippen LogP contribution >= 0.6 is 0 Å². The zero-order chi connectivity index (χ0) is 12.7. The van der Waals surface area contributed by atoms with Crippen LogP contribution in [0.15, 0.2) is 0 Å². The van der Waals surface area contributed by atoms with Crippen molar-refractivity contribution in [1.29, 1.82) is 0 Å². The maximum Gasteiger partial charge on any atom is 0.306 e. The Bertz CT molecular complexity index is 262. The number of hydrogen-bond donors (Lipinski definition) is 3. The van der Waals surface area contributed by atoms with Crippen molar-refractivity contribution in [3.05, 3.63) is 0 Å². The molecule has 4 N–H and O–H groups in total. The van der Waals surface area contributed by atoms with E-state index in [2.05, 4.69) is 5.32 Å². The van der Waals surface area contributed by atoms with Crippen molar-refractivity contribution in [2.24, 2.45) is 11.7 Å². The molecule has 1 saturated heterocycles. The lowest BCUT2D eigenvalue weighted by molar-refractivity contribution is -0.144. The van der Waals surface area contributed by atoms with Crippen LogP contribution in [0.1, 0.15) is 38.5 Å². The SMILES string of the molecule is NCCCCC(CC(=O)C1CCCN1)C(=O)O. The molecule has 0 spiro atoms. The van der Waals surface area contributed by atoms with Gasteiger partial charge in [-0.05, 0) is 38.8 Å². The molecule has 98 valence electrons. The minimum absolute atomic E-state index is 0.0441. The van der Waals surface area contributed by atoms with Gasteiger partial charge in [-0.1, -0.05) is 6.42 Å². The van der Waals surface area contributed by atoms with Gasteiger partial charge in [0.2, 0.25) is 0 Å². The van der Waals surface area contributed by atoms with E-state index in [0.29, 0.717) is 13.0 Å². The summed E-state index contributed by atoms with van der Waals surface area (Å²) in [4.78, 5) is 22.9. The summed E-state index contributed by atoms with van der Waals surface area (Å²) in [6.45, 7) is 1.44. The standard InChI is InChI=1S/C12H22N2O3/c13-6-2-1-4-9(12(16)17)8-11(15)10-5-3-7-14-10/h9-10,14H,1-8,13H2,(H,16,17). The average Bonchev–Trinajstić information content (AvgIpc) is 2.81. The topological polar surface area (TPSA) is 92.4 Å². The average molecular weight is 242 g/mol. The van der Waals surface area contributed by atoms with Gasteiger partial charge in [-0.2, -0.15) is 0 Å². The molecule has 0 radical (unpaired) electrons. The highest BCUT2D eigenvalue weighted by Crippen LogP contribution is 2.17. The van der Waals surface area contributed by atoms with E-state index in [1.54, 1.807) is 0 Å². The molecule has 5 nitrogen and oxygen atoms in total. The number of unbranched alkanes of at least 4 members (excludes halogenated alkanes) is 1. The number of nitrogens with one attached hydrogen (secondary N) is 1. The third-order valence-electron chi connectivity index (χ3n) is 3.25. The van der Waals surface area contributed by atoms with Crippen LogP contribution in [-0.4, -0.2) is 36.0 Å². The second-order valence-electron chi connectivity index (χ2n) is 4.64. The lowest BCUT2D eigenvalue weighted by Crippen LogP contribution is -2.33. The third kappa shape index (κ3) is 4.83. The first kappa shape index (κ1) is 14.1. The Balaban J connectivity index is 2.36. The predicted octanol–water partition coefficient (Wildman–Crippen LogP) is 0.527. The van der Waals surface area contributed by atoms with Crippen molar-refractivity contribution in [1.82, 2.24) is 5.32 Å². The zero-order valence-corrected chi connectivity index (χ0v) is 10.2. The third-order valence-corrected chi connectivity index (χ3v) is 3.25. The Morgan fingerprint density at radius 3 is 2.71 bits per heavy atom. The van der Waals surface area contributed by atoms with Gasteiger partial charge in [0.15, 0.2) is 5.78 Å². The van der Waals surface area contributed by atoms with Crippen molar-refractivity contribution < 1.29 is 14.7 Å². The van der Waals surface area contributed by atoms with Crippen LogP contribution in [0.3, 0.4) is 0 Å². The molecule has 0 amide bonds. The van der Waals surface area contributed by atoms with E-state index in [1.165, 1.54) is 0 Å². The summed E-state index contributed by atoms with van der Waals surface area (Å²) in [6, 6.07) is -0.119. The van der Waals surface area contributed by atoms with Gasteiger partial charge in [-0.3, -0.25) is 9.59 Å². The summed E-state index contributed by atoms with van der Waals surface area (Å²) in [7, 11) is 0. The molecule has 1 heterocycles. The molecule has 2 unspecified atom stereocenters. The first-order valence-electron chi connectivity index (χ1n) is 6.34. The molecule has 5 heteroatoms. The molecular formula is C12H22N2O3. The smallest absolute Gasteiger partial charge is 0.306 e.